The smallest absolute Gasteiger partial charge is 0.262 e. The average Bonchev–Trinajstić information content (AvgIpc) is 2.71. The number of thioether (sulfide) groups is 1. The first-order valence-electron chi connectivity index (χ1n) is 9.14. The van der Waals surface area contributed by atoms with Crippen molar-refractivity contribution in [3.05, 3.63) is 58.9 Å². The van der Waals surface area contributed by atoms with Crippen LogP contribution < -0.4 is 15.6 Å². The lowest BCUT2D eigenvalue weighted by Crippen LogP contribution is -2.27. The zero-order valence-corrected chi connectivity index (χ0v) is 17.0. The molecule has 1 amide bonds. The van der Waals surface area contributed by atoms with Crippen LogP contribution in [0.5, 0.6) is 5.75 Å². The van der Waals surface area contributed by atoms with Crippen LogP contribution in [-0.2, 0) is 11.3 Å². The minimum absolute atomic E-state index is 0.0737. The number of nitrogens with one attached hydrogen (secondary N) is 1. The normalized spacial score (nSPS) is 12.0. The van der Waals surface area contributed by atoms with Crippen LogP contribution >= 0.6 is 11.8 Å². The zero-order valence-electron chi connectivity index (χ0n) is 16.1. The largest absolute Gasteiger partial charge is 0.497 e. The molecule has 6 nitrogen and oxygen atoms in total. The molecule has 7 heteroatoms. The molecule has 1 atom stereocenters. The number of carbonyl (C=O) groups is 1. The van der Waals surface area contributed by atoms with Crippen LogP contribution in [0, 0.1) is 0 Å². The fraction of sp³-hybridized carbons (Fsp3) is 0.286. The van der Waals surface area contributed by atoms with Crippen molar-refractivity contribution in [1.29, 1.82) is 0 Å². The molecule has 0 unspecified atom stereocenters. The Morgan fingerprint density at radius 1 is 1.25 bits per heavy atom. The Bertz CT molecular complexity index is 1050. The highest BCUT2D eigenvalue weighted by Gasteiger charge is 2.19. The summed E-state index contributed by atoms with van der Waals surface area (Å²) in [6, 6.07) is 14.5. The van der Waals surface area contributed by atoms with E-state index in [9.17, 15) is 9.59 Å². The highest BCUT2D eigenvalue weighted by Crippen LogP contribution is 2.24. The highest BCUT2D eigenvalue weighted by atomic mass is 32.2. The summed E-state index contributed by atoms with van der Waals surface area (Å²) in [7, 11) is 1.58. The van der Waals surface area contributed by atoms with Gasteiger partial charge in [-0.15, -0.1) is 0 Å². The summed E-state index contributed by atoms with van der Waals surface area (Å²) in [5, 5.41) is 3.60. The lowest BCUT2D eigenvalue weighted by atomic mass is 10.2. The van der Waals surface area contributed by atoms with E-state index >= 15 is 0 Å². The van der Waals surface area contributed by atoms with Gasteiger partial charge in [-0.2, -0.15) is 0 Å². The van der Waals surface area contributed by atoms with Crippen LogP contribution in [-0.4, -0.2) is 27.8 Å². The number of nitrogens with zero attached hydrogens (tertiary/aromatic N) is 2. The first-order valence-corrected chi connectivity index (χ1v) is 10.0. The molecule has 0 fully saturated rings. The van der Waals surface area contributed by atoms with E-state index in [1.165, 1.54) is 11.8 Å². The SMILES string of the molecule is CCCn1c(S[C@@H](C)C(=O)Nc2cccc(OC)c2)nc2ccccc2c1=O. The summed E-state index contributed by atoms with van der Waals surface area (Å²) in [4.78, 5) is 30.1. The molecular weight excluding hydrogens is 374 g/mol. The van der Waals surface area contributed by atoms with E-state index in [-0.39, 0.29) is 11.5 Å². The average molecular weight is 398 g/mol. The molecule has 28 heavy (non-hydrogen) atoms. The molecule has 0 aliphatic rings. The van der Waals surface area contributed by atoms with Crippen molar-refractivity contribution < 1.29 is 9.53 Å². The summed E-state index contributed by atoms with van der Waals surface area (Å²) in [6.07, 6.45) is 0.803. The Labute approximate surface area is 167 Å². The third kappa shape index (κ3) is 4.36. The third-order valence-corrected chi connectivity index (χ3v) is 5.35. The molecule has 1 heterocycles. The van der Waals surface area contributed by atoms with Gasteiger partial charge in [0.1, 0.15) is 5.75 Å². The van der Waals surface area contributed by atoms with Crippen molar-refractivity contribution in [2.75, 3.05) is 12.4 Å². The van der Waals surface area contributed by atoms with Gasteiger partial charge in [0.05, 0.1) is 23.3 Å². The maximum Gasteiger partial charge on any atom is 0.262 e. The zero-order chi connectivity index (χ0) is 20.1. The Morgan fingerprint density at radius 2 is 2.04 bits per heavy atom. The Hall–Kier alpha value is -2.80. The van der Waals surface area contributed by atoms with E-state index in [2.05, 4.69) is 10.3 Å². The number of rotatable bonds is 7. The summed E-state index contributed by atoms with van der Waals surface area (Å²) in [5.74, 6) is 0.509. The molecule has 0 bridgehead atoms. The molecule has 1 N–H and O–H groups in total. The number of para-hydroxylation sites is 1. The van der Waals surface area contributed by atoms with Gasteiger partial charge in [0.15, 0.2) is 5.16 Å². The molecule has 146 valence electrons. The van der Waals surface area contributed by atoms with Crippen LogP contribution in [0.15, 0.2) is 58.5 Å². The topological polar surface area (TPSA) is 73.2 Å². The molecule has 3 aromatic rings. The van der Waals surface area contributed by atoms with Gasteiger partial charge >= 0.3 is 0 Å². The number of benzene rings is 2. The number of hydrogen-bond donors (Lipinski definition) is 1. The number of carbonyl (C=O) groups excluding carboxylic acids is 1. The van der Waals surface area contributed by atoms with Gasteiger partial charge in [0.25, 0.3) is 5.56 Å². The first-order chi connectivity index (χ1) is 13.5. The quantitative estimate of drug-likeness (QED) is 0.483. The standard InChI is InChI=1S/C21H23N3O3S/c1-4-12-24-20(26)17-10-5-6-11-18(17)23-21(24)28-14(2)19(25)22-15-8-7-9-16(13-15)27-3/h5-11,13-14H,4,12H2,1-3H3,(H,22,25)/t14-/m0/s1. The molecule has 0 saturated heterocycles. The maximum absolute atomic E-state index is 12.8. The Balaban J connectivity index is 1.85. The number of fused-ring (bicyclic) bond motifs is 1. The molecular formula is C21H23N3O3S. The minimum Gasteiger partial charge on any atom is -0.497 e. The summed E-state index contributed by atoms with van der Waals surface area (Å²) in [5.41, 5.74) is 1.23. The molecule has 0 radical (unpaired) electrons. The molecule has 0 spiro atoms. The lowest BCUT2D eigenvalue weighted by molar-refractivity contribution is -0.115. The Kier molecular flexibility index (Phi) is 6.36. The number of methoxy groups -OCH3 is 1. The summed E-state index contributed by atoms with van der Waals surface area (Å²) in [6.45, 7) is 4.37. The number of aromatic nitrogens is 2. The second kappa shape index (κ2) is 8.93. The van der Waals surface area contributed by atoms with Gasteiger partial charge in [0.2, 0.25) is 5.91 Å². The van der Waals surface area contributed by atoms with Gasteiger partial charge in [-0.05, 0) is 37.6 Å². The van der Waals surface area contributed by atoms with E-state index in [1.807, 2.05) is 37.3 Å². The molecule has 2 aromatic carbocycles. The van der Waals surface area contributed by atoms with Crippen molar-refractivity contribution in [3.63, 3.8) is 0 Å². The maximum atomic E-state index is 12.8. The van der Waals surface area contributed by atoms with E-state index < -0.39 is 5.25 Å². The number of ether oxygens (including phenoxy) is 1. The third-order valence-electron chi connectivity index (χ3n) is 4.26. The van der Waals surface area contributed by atoms with Crippen LogP contribution in [0.25, 0.3) is 10.9 Å². The van der Waals surface area contributed by atoms with Crippen LogP contribution in [0.1, 0.15) is 20.3 Å². The van der Waals surface area contributed by atoms with Crippen molar-refractivity contribution >= 4 is 34.3 Å². The van der Waals surface area contributed by atoms with Gasteiger partial charge in [-0.3, -0.25) is 14.2 Å². The number of amides is 1. The van der Waals surface area contributed by atoms with Crippen LogP contribution in [0.2, 0.25) is 0 Å². The fourth-order valence-electron chi connectivity index (χ4n) is 2.81. The number of anilines is 1. The predicted molar refractivity (Wildman–Crippen MR) is 113 cm³/mol. The van der Waals surface area contributed by atoms with Crippen molar-refractivity contribution in [2.45, 2.75) is 37.2 Å². The second-order valence-corrected chi connectivity index (χ2v) is 7.66. The second-order valence-electron chi connectivity index (χ2n) is 6.35. The first kappa shape index (κ1) is 19.9. The van der Waals surface area contributed by atoms with E-state index in [1.54, 1.807) is 36.8 Å². The molecule has 0 saturated carbocycles. The summed E-state index contributed by atoms with van der Waals surface area (Å²) >= 11 is 1.29. The van der Waals surface area contributed by atoms with Crippen molar-refractivity contribution in [3.8, 4) is 5.75 Å². The van der Waals surface area contributed by atoms with Gasteiger partial charge in [0, 0.05) is 18.3 Å². The lowest BCUT2D eigenvalue weighted by Gasteiger charge is -2.16. The van der Waals surface area contributed by atoms with Crippen LogP contribution in [0.3, 0.4) is 0 Å². The predicted octanol–water partition coefficient (Wildman–Crippen LogP) is 3.93. The van der Waals surface area contributed by atoms with E-state index in [0.29, 0.717) is 34.0 Å². The monoisotopic (exact) mass is 397 g/mol. The van der Waals surface area contributed by atoms with Gasteiger partial charge < -0.3 is 10.1 Å². The molecule has 3 rings (SSSR count). The Morgan fingerprint density at radius 3 is 2.79 bits per heavy atom. The number of hydrogen-bond acceptors (Lipinski definition) is 5. The molecule has 0 aliphatic heterocycles. The fourth-order valence-corrected chi connectivity index (χ4v) is 3.75. The molecule has 0 aliphatic carbocycles. The van der Waals surface area contributed by atoms with E-state index in [4.69, 9.17) is 4.74 Å². The van der Waals surface area contributed by atoms with Crippen LogP contribution in [0.4, 0.5) is 5.69 Å². The summed E-state index contributed by atoms with van der Waals surface area (Å²) < 4.78 is 6.84. The van der Waals surface area contributed by atoms with E-state index in [0.717, 1.165) is 6.42 Å². The minimum atomic E-state index is -0.428. The molecule has 1 aromatic heterocycles. The van der Waals surface area contributed by atoms with Crippen molar-refractivity contribution in [2.24, 2.45) is 0 Å². The van der Waals surface area contributed by atoms with Gasteiger partial charge in [-0.1, -0.05) is 36.9 Å². The van der Waals surface area contributed by atoms with Crippen molar-refractivity contribution in [1.82, 2.24) is 9.55 Å². The van der Waals surface area contributed by atoms with Gasteiger partial charge in [-0.25, -0.2) is 4.98 Å². The highest BCUT2D eigenvalue weighted by molar-refractivity contribution is 8.00.